The van der Waals surface area contributed by atoms with Gasteiger partial charge in [-0.15, -0.1) is 0 Å². The molecule has 4 aliphatic heterocycles. The zero-order valence-electron chi connectivity index (χ0n) is 16.7. The molecule has 0 radical (unpaired) electrons. The lowest BCUT2D eigenvalue weighted by molar-refractivity contribution is -0.120. The molecular formula is C21H22N4O5. The molecular weight excluding hydrogens is 388 g/mol. The summed E-state index contributed by atoms with van der Waals surface area (Å²) in [5.41, 5.74) is 1.84. The second-order valence-corrected chi connectivity index (χ2v) is 7.19. The summed E-state index contributed by atoms with van der Waals surface area (Å²) < 4.78 is 10.7. The SMILES string of the molecule is COc1ccc2c(c1)C(=O)N(C)C2.O=C1NC(=O)C(C2=CCN3C=CC=C(C3)O2)N1. The van der Waals surface area contributed by atoms with Gasteiger partial charge >= 0.3 is 6.03 Å². The van der Waals surface area contributed by atoms with Crippen LogP contribution in [0.25, 0.3) is 0 Å². The van der Waals surface area contributed by atoms with E-state index in [1.54, 1.807) is 25.1 Å². The van der Waals surface area contributed by atoms with E-state index < -0.39 is 12.1 Å². The molecule has 2 bridgehead atoms. The number of nitrogens with one attached hydrogen (secondary N) is 2. The molecule has 0 aromatic heterocycles. The number of imide groups is 1. The van der Waals surface area contributed by atoms with E-state index in [-0.39, 0.29) is 11.8 Å². The van der Waals surface area contributed by atoms with Crippen molar-refractivity contribution in [2.45, 2.75) is 12.6 Å². The highest BCUT2D eigenvalue weighted by atomic mass is 16.5. The van der Waals surface area contributed by atoms with Crippen LogP contribution in [-0.4, -0.2) is 60.9 Å². The Bertz CT molecular complexity index is 997. The van der Waals surface area contributed by atoms with Crippen molar-refractivity contribution in [2.75, 3.05) is 27.2 Å². The molecule has 2 N–H and O–H groups in total. The van der Waals surface area contributed by atoms with E-state index >= 15 is 0 Å². The molecule has 9 heteroatoms. The van der Waals surface area contributed by atoms with Crippen LogP contribution in [0.1, 0.15) is 15.9 Å². The average molecular weight is 410 g/mol. The van der Waals surface area contributed by atoms with Crippen LogP contribution in [0.4, 0.5) is 4.79 Å². The van der Waals surface area contributed by atoms with Crippen LogP contribution in [0.5, 0.6) is 5.75 Å². The Morgan fingerprint density at radius 3 is 2.77 bits per heavy atom. The zero-order valence-corrected chi connectivity index (χ0v) is 16.7. The summed E-state index contributed by atoms with van der Waals surface area (Å²) >= 11 is 0. The molecule has 1 aromatic carbocycles. The van der Waals surface area contributed by atoms with Gasteiger partial charge in [0, 0.05) is 25.7 Å². The Morgan fingerprint density at radius 2 is 2.03 bits per heavy atom. The molecule has 4 aliphatic rings. The summed E-state index contributed by atoms with van der Waals surface area (Å²) in [4.78, 5) is 37.9. The maximum absolute atomic E-state index is 11.5. The van der Waals surface area contributed by atoms with Crippen LogP contribution in [0, 0.1) is 0 Å². The number of carbonyl (C=O) groups excluding carboxylic acids is 3. The Balaban J connectivity index is 0.000000151. The third kappa shape index (κ3) is 3.86. The van der Waals surface area contributed by atoms with E-state index in [2.05, 4.69) is 15.5 Å². The number of amides is 4. The van der Waals surface area contributed by atoms with Crippen molar-refractivity contribution in [2.24, 2.45) is 0 Å². The van der Waals surface area contributed by atoms with Crippen molar-refractivity contribution < 1.29 is 23.9 Å². The predicted octanol–water partition coefficient (Wildman–Crippen LogP) is 1.10. The molecule has 1 fully saturated rings. The second-order valence-electron chi connectivity index (χ2n) is 7.19. The first-order valence-electron chi connectivity index (χ1n) is 9.47. The van der Waals surface area contributed by atoms with Crippen LogP contribution >= 0.6 is 0 Å². The number of urea groups is 1. The fourth-order valence-electron chi connectivity index (χ4n) is 3.52. The minimum atomic E-state index is -0.719. The van der Waals surface area contributed by atoms with Crippen LogP contribution in [0.2, 0.25) is 0 Å². The fraction of sp³-hybridized carbons (Fsp3) is 0.286. The highest BCUT2D eigenvalue weighted by molar-refractivity contribution is 6.05. The molecule has 4 heterocycles. The number of carbonyl (C=O) groups is 3. The standard InChI is InChI=1S/C11H11N3O3.C10H11NO2/c15-10-9(12-11(16)13-10)8-3-5-14-4-1-2-7(6-14)17-8;1-11-6-7-3-4-8(13-2)5-9(7)10(11)12/h1-4,9H,5-6H2,(H2,12,13,15,16);3-5H,6H2,1-2H3. The molecule has 5 rings (SSSR count). The van der Waals surface area contributed by atoms with Gasteiger partial charge in [0.2, 0.25) is 0 Å². The van der Waals surface area contributed by atoms with Crippen LogP contribution in [-0.2, 0) is 16.1 Å². The van der Waals surface area contributed by atoms with Crippen molar-refractivity contribution in [1.29, 1.82) is 0 Å². The summed E-state index contributed by atoms with van der Waals surface area (Å²) in [6.45, 7) is 2.04. The highest BCUT2D eigenvalue weighted by Gasteiger charge is 2.35. The minimum Gasteiger partial charge on any atom is -0.497 e. The fourth-order valence-corrected chi connectivity index (χ4v) is 3.52. The molecule has 1 aromatic rings. The largest absolute Gasteiger partial charge is 0.497 e. The smallest absolute Gasteiger partial charge is 0.322 e. The number of rotatable bonds is 2. The lowest BCUT2D eigenvalue weighted by atomic mass is 10.1. The molecule has 4 amide bonds. The first kappa shape index (κ1) is 19.6. The van der Waals surface area contributed by atoms with Gasteiger partial charge in [0.05, 0.1) is 13.7 Å². The van der Waals surface area contributed by atoms with Crippen LogP contribution in [0.3, 0.4) is 0 Å². The summed E-state index contributed by atoms with van der Waals surface area (Å²) in [5, 5.41) is 4.71. The number of ether oxygens (including phenoxy) is 2. The Labute approximate surface area is 173 Å². The van der Waals surface area contributed by atoms with E-state index in [1.165, 1.54) is 0 Å². The number of allylic oxidation sites excluding steroid dienone is 2. The molecule has 0 aliphatic carbocycles. The Morgan fingerprint density at radius 1 is 1.20 bits per heavy atom. The third-order valence-corrected chi connectivity index (χ3v) is 5.07. The van der Waals surface area contributed by atoms with Gasteiger partial charge in [-0.1, -0.05) is 6.07 Å². The predicted molar refractivity (Wildman–Crippen MR) is 107 cm³/mol. The molecule has 1 unspecified atom stereocenters. The summed E-state index contributed by atoms with van der Waals surface area (Å²) in [7, 11) is 3.40. The van der Waals surface area contributed by atoms with Gasteiger partial charge in [0.15, 0.2) is 6.04 Å². The number of fused-ring (bicyclic) bond motifs is 3. The molecule has 1 atom stereocenters. The number of benzene rings is 1. The summed E-state index contributed by atoms with van der Waals surface area (Å²) in [6.07, 6.45) is 7.51. The lowest BCUT2D eigenvalue weighted by Gasteiger charge is -2.20. The molecule has 0 spiro atoms. The number of hydrogen-bond acceptors (Lipinski definition) is 6. The quantitative estimate of drug-likeness (QED) is 0.709. The molecule has 156 valence electrons. The average Bonchev–Trinajstić information content (AvgIpc) is 3.17. The summed E-state index contributed by atoms with van der Waals surface area (Å²) in [6, 6.07) is 4.41. The van der Waals surface area contributed by atoms with Gasteiger partial charge in [-0.3, -0.25) is 14.9 Å². The molecule has 30 heavy (non-hydrogen) atoms. The van der Waals surface area contributed by atoms with E-state index in [4.69, 9.17) is 9.47 Å². The van der Waals surface area contributed by atoms with Gasteiger partial charge in [-0.05, 0) is 42.1 Å². The number of nitrogens with zero attached hydrogens (tertiary/aromatic N) is 2. The molecule has 1 saturated heterocycles. The number of methoxy groups -OCH3 is 1. The van der Waals surface area contributed by atoms with Crippen molar-refractivity contribution in [3.63, 3.8) is 0 Å². The first-order valence-corrected chi connectivity index (χ1v) is 9.47. The van der Waals surface area contributed by atoms with Gasteiger partial charge in [0.1, 0.15) is 17.3 Å². The Hall–Kier alpha value is -3.75. The van der Waals surface area contributed by atoms with Gasteiger partial charge < -0.3 is 24.6 Å². The van der Waals surface area contributed by atoms with Gasteiger partial charge in [-0.25, -0.2) is 4.79 Å². The Kier molecular flexibility index (Phi) is 5.18. The van der Waals surface area contributed by atoms with E-state index in [0.717, 1.165) is 22.6 Å². The van der Waals surface area contributed by atoms with Crippen molar-refractivity contribution in [3.05, 3.63) is 65.3 Å². The van der Waals surface area contributed by atoms with Crippen LogP contribution in [0.15, 0.2) is 54.1 Å². The normalized spacial score (nSPS) is 21.4. The van der Waals surface area contributed by atoms with E-state index in [1.807, 2.05) is 36.6 Å². The zero-order chi connectivity index (χ0) is 21.3. The second kappa shape index (κ2) is 7.94. The molecule has 0 saturated carbocycles. The maximum atomic E-state index is 11.5. The third-order valence-electron chi connectivity index (χ3n) is 5.07. The van der Waals surface area contributed by atoms with Crippen molar-refractivity contribution >= 4 is 17.8 Å². The van der Waals surface area contributed by atoms with E-state index in [0.29, 0.717) is 25.4 Å². The highest BCUT2D eigenvalue weighted by Crippen LogP contribution is 2.25. The minimum absolute atomic E-state index is 0.0777. The van der Waals surface area contributed by atoms with Crippen molar-refractivity contribution in [1.82, 2.24) is 20.4 Å². The monoisotopic (exact) mass is 410 g/mol. The number of hydrogen-bond donors (Lipinski definition) is 2. The van der Waals surface area contributed by atoms with E-state index in [9.17, 15) is 14.4 Å². The van der Waals surface area contributed by atoms with Gasteiger partial charge in [-0.2, -0.15) is 0 Å². The molecule has 9 nitrogen and oxygen atoms in total. The topological polar surface area (TPSA) is 100 Å². The van der Waals surface area contributed by atoms with Crippen LogP contribution < -0.4 is 15.4 Å². The maximum Gasteiger partial charge on any atom is 0.322 e. The van der Waals surface area contributed by atoms with Crippen molar-refractivity contribution in [3.8, 4) is 5.75 Å². The summed E-state index contributed by atoms with van der Waals surface area (Å²) in [5.74, 6) is 1.69. The first-order chi connectivity index (χ1) is 14.4. The lowest BCUT2D eigenvalue weighted by Crippen LogP contribution is -2.32. The van der Waals surface area contributed by atoms with Gasteiger partial charge in [0.25, 0.3) is 11.8 Å².